The number of carboxylic acids is 1. The van der Waals surface area contributed by atoms with E-state index in [9.17, 15) is 14.7 Å². The molecule has 6 heteroatoms. The van der Waals surface area contributed by atoms with E-state index in [1.165, 1.54) is 11.3 Å². The maximum atomic E-state index is 12.9. The molecule has 1 aliphatic rings. The number of anilines is 1. The first kappa shape index (κ1) is 16.6. The molecule has 2 heterocycles. The van der Waals surface area contributed by atoms with E-state index in [1.807, 2.05) is 18.2 Å². The smallest absolute Gasteiger partial charge is 0.311 e. The van der Waals surface area contributed by atoms with Crippen molar-refractivity contribution in [2.75, 3.05) is 11.4 Å². The first-order chi connectivity index (χ1) is 11.5. The van der Waals surface area contributed by atoms with Crippen molar-refractivity contribution in [2.45, 2.75) is 32.6 Å². The van der Waals surface area contributed by atoms with Crippen LogP contribution in [0.25, 0.3) is 0 Å². The molecule has 0 saturated heterocycles. The van der Waals surface area contributed by atoms with Gasteiger partial charge < -0.3 is 10.0 Å². The third-order valence-electron chi connectivity index (χ3n) is 4.14. The van der Waals surface area contributed by atoms with E-state index in [0.29, 0.717) is 35.8 Å². The van der Waals surface area contributed by atoms with E-state index < -0.39 is 11.9 Å². The highest BCUT2D eigenvalue weighted by Gasteiger charge is 2.33. The second-order valence-electron chi connectivity index (χ2n) is 6.42. The number of hydrogen-bond donors (Lipinski definition) is 1. The van der Waals surface area contributed by atoms with Crippen molar-refractivity contribution in [3.8, 4) is 0 Å². The molecular formula is C18H20N2O3S. The zero-order chi connectivity index (χ0) is 17.3. The molecule has 2 aromatic rings. The summed E-state index contributed by atoms with van der Waals surface area (Å²) < 4.78 is 0. The molecule has 1 atom stereocenters. The molecule has 1 aliphatic heterocycles. The number of aromatic nitrogens is 1. The molecule has 24 heavy (non-hydrogen) atoms. The van der Waals surface area contributed by atoms with Gasteiger partial charge in [0.05, 0.1) is 10.9 Å². The lowest BCUT2D eigenvalue weighted by Gasteiger charge is -2.32. The predicted molar refractivity (Wildman–Crippen MR) is 93.8 cm³/mol. The fourth-order valence-electron chi connectivity index (χ4n) is 3.02. The quantitative estimate of drug-likeness (QED) is 0.920. The van der Waals surface area contributed by atoms with Crippen LogP contribution in [0, 0.1) is 5.92 Å². The van der Waals surface area contributed by atoms with Crippen molar-refractivity contribution >= 4 is 28.9 Å². The number of benzene rings is 1. The van der Waals surface area contributed by atoms with Crippen LogP contribution in [0.2, 0.25) is 0 Å². The molecule has 1 N–H and O–H groups in total. The summed E-state index contributed by atoms with van der Waals surface area (Å²) in [6.45, 7) is 4.63. The van der Waals surface area contributed by atoms with Crippen LogP contribution in [0.15, 0.2) is 29.6 Å². The lowest BCUT2D eigenvalue weighted by molar-refractivity contribution is -0.139. The third kappa shape index (κ3) is 3.19. The van der Waals surface area contributed by atoms with Crippen LogP contribution in [-0.4, -0.2) is 28.5 Å². The minimum absolute atomic E-state index is 0.155. The molecule has 0 bridgehead atoms. The van der Waals surface area contributed by atoms with Crippen molar-refractivity contribution in [3.63, 3.8) is 0 Å². The highest BCUT2D eigenvalue weighted by Crippen LogP contribution is 2.36. The van der Waals surface area contributed by atoms with E-state index in [-0.39, 0.29) is 5.91 Å². The Morgan fingerprint density at radius 1 is 1.38 bits per heavy atom. The molecule has 0 fully saturated rings. The van der Waals surface area contributed by atoms with Crippen LogP contribution in [0.4, 0.5) is 5.69 Å². The van der Waals surface area contributed by atoms with Crippen LogP contribution < -0.4 is 4.90 Å². The van der Waals surface area contributed by atoms with Crippen LogP contribution >= 0.6 is 11.3 Å². The van der Waals surface area contributed by atoms with Crippen molar-refractivity contribution in [3.05, 3.63) is 45.9 Å². The molecular weight excluding hydrogens is 324 g/mol. The van der Waals surface area contributed by atoms with Gasteiger partial charge in [-0.2, -0.15) is 0 Å². The van der Waals surface area contributed by atoms with Gasteiger partial charge in [-0.3, -0.25) is 9.59 Å². The van der Waals surface area contributed by atoms with E-state index >= 15 is 0 Å². The third-order valence-corrected chi connectivity index (χ3v) is 5.01. The number of aliphatic carboxylic acids is 1. The van der Waals surface area contributed by atoms with Crippen molar-refractivity contribution in [1.29, 1.82) is 0 Å². The summed E-state index contributed by atoms with van der Waals surface area (Å²) in [6, 6.07) is 7.24. The van der Waals surface area contributed by atoms with Crippen molar-refractivity contribution in [2.24, 2.45) is 5.92 Å². The SMILES string of the molecule is CC(C)Cc1nc(C(=O)N2CCC(C(=O)O)c3ccccc32)cs1. The monoisotopic (exact) mass is 344 g/mol. The Labute approximate surface area is 145 Å². The number of thiazole rings is 1. The second kappa shape index (κ2) is 6.73. The number of carbonyl (C=O) groups excluding carboxylic acids is 1. The number of amides is 1. The van der Waals surface area contributed by atoms with Gasteiger partial charge in [-0.05, 0) is 24.0 Å². The van der Waals surface area contributed by atoms with Gasteiger partial charge in [-0.15, -0.1) is 11.3 Å². The summed E-state index contributed by atoms with van der Waals surface area (Å²) in [5, 5.41) is 12.2. The number of carboxylic acid groups (broad SMARTS) is 1. The van der Waals surface area contributed by atoms with Gasteiger partial charge >= 0.3 is 5.97 Å². The Morgan fingerprint density at radius 3 is 2.83 bits per heavy atom. The van der Waals surface area contributed by atoms with Crippen LogP contribution in [0.5, 0.6) is 0 Å². The summed E-state index contributed by atoms with van der Waals surface area (Å²) in [6.07, 6.45) is 1.27. The average molecular weight is 344 g/mol. The Hall–Kier alpha value is -2.21. The van der Waals surface area contributed by atoms with Gasteiger partial charge in [0.1, 0.15) is 5.69 Å². The summed E-state index contributed by atoms with van der Waals surface area (Å²) in [5.74, 6) is -1.07. The predicted octanol–water partition coefficient (Wildman–Crippen LogP) is 3.56. The zero-order valence-corrected chi connectivity index (χ0v) is 14.5. The van der Waals surface area contributed by atoms with Gasteiger partial charge in [0.25, 0.3) is 5.91 Å². The number of para-hydroxylation sites is 1. The fourth-order valence-corrected chi connectivity index (χ4v) is 4.00. The van der Waals surface area contributed by atoms with Crippen molar-refractivity contribution < 1.29 is 14.7 Å². The first-order valence-electron chi connectivity index (χ1n) is 8.05. The Kier molecular flexibility index (Phi) is 4.66. The van der Waals surface area contributed by atoms with Gasteiger partial charge in [-0.1, -0.05) is 32.0 Å². The van der Waals surface area contributed by atoms with E-state index in [1.54, 1.807) is 16.3 Å². The Balaban J connectivity index is 1.89. The first-order valence-corrected chi connectivity index (χ1v) is 8.93. The number of fused-ring (bicyclic) bond motifs is 1. The molecule has 0 saturated carbocycles. The molecule has 1 amide bonds. The van der Waals surface area contributed by atoms with Gasteiger partial charge in [0, 0.05) is 24.0 Å². The highest BCUT2D eigenvalue weighted by molar-refractivity contribution is 7.09. The van der Waals surface area contributed by atoms with Crippen molar-refractivity contribution in [1.82, 2.24) is 4.98 Å². The maximum Gasteiger partial charge on any atom is 0.311 e. The van der Waals surface area contributed by atoms with Gasteiger partial charge in [0.2, 0.25) is 0 Å². The van der Waals surface area contributed by atoms with Crippen LogP contribution in [-0.2, 0) is 11.2 Å². The number of rotatable bonds is 4. The summed E-state index contributed by atoms with van der Waals surface area (Å²) >= 11 is 1.50. The molecule has 0 spiro atoms. The fraction of sp³-hybridized carbons (Fsp3) is 0.389. The minimum atomic E-state index is -0.845. The molecule has 0 radical (unpaired) electrons. The molecule has 126 valence electrons. The Morgan fingerprint density at radius 2 is 2.12 bits per heavy atom. The average Bonchev–Trinajstić information content (AvgIpc) is 3.00. The minimum Gasteiger partial charge on any atom is -0.481 e. The largest absolute Gasteiger partial charge is 0.481 e. The van der Waals surface area contributed by atoms with Gasteiger partial charge in [0.15, 0.2) is 0 Å². The molecule has 5 nitrogen and oxygen atoms in total. The standard InChI is InChI=1S/C18H20N2O3S/c1-11(2)9-16-19-14(10-24-16)17(21)20-8-7-13(18(22)23)12-5-3-4-6-15(12)20/h3-6,10-11,13H,7-9H2,1-2H3,(H,22,23). The van der Waals surface area contributed by atoms with Crippen LogP contribution in [0.3, 0.4) is 0 Å². The van der Waals surface area contributed by atoms with Crippen LogP contribution in [0.1, 0.15) is 47.2 Å². The molecule has 1 unspecified atom stereocenters. The second-order valence-corrected chi connectivity index (χ2v) is 7.36. The lowest BCUT2D eigenvalue weighted by Crippen LogP contribution is -2.38. The summed E-state index contributed by atoms with van der Waals surface area (Å²) in [7, 11) is 0. The molecule has 1 aromatic heterocycles. The summed E-state index contributed by atoms with van der Waals surface area (Å²) in [4.78, 5) is 30.4. The zero-order valence-electron chi connectivity index (χ0n) is 13.7. The van der Waals surface area contributed by atoms with E-state index in [4.69, 9.17) is 0 Å². The number of carbonyl (C=O) groups is 2. The molecule has 0 aliphatic carbocycles. The topological polar surface area (TPSA) is 70.5 Å². The molecule has 1 aromatic carbocycles. The molecule has 3 rings (SSSR count). The van der Waals surface area contributed by atoms with Gasteiger partial charge in [-0.25, -0.2) is 4.98 Å². The Bertz CT molecular complexity index is 769. The number of hydrogen-bond acceptors (Lipinski definition) is 4. The summed E-state index contributed by atoms with van der Waals surface area (Å²) in [5.41, 5.74) is 1.82. The lowest BCUT2D eigenvalue weighted by atomic mass is 9.90. The number of nitrogens with zero attached hydrogens (tertiary/aromatic N) is 2. The maximum absolute atomic E-state index is 12.9. The van der Waals surface area contributed by atoms with E-state index in [2.05, 4.69) is 18.8 Å². The normalized spacial score (nSPS) is 17.0. The van der Waals surface area contributed by atoms with E-state index in [0.717, 1.165) is 11.4 Å². The highest BCUT2D eigenvalue weighted by atomic mass is 32.1.